The number of rotatable bonds is 5. The van der Waals surface area contributed by atoms with Gasteiger partial charge in [-0.1, -0.05) is 54.5 Å². The quantitative estimate of drug-likeness (QED) is 0.769. The lowest BCUT2D eigenvalue weighted by Crippen LogP contribution is -2.16. The summed E-state index contributed by atoms with van der Waals surface area (Å²) in [5.41, 5.74) is 7.57. The van der Waals surface area contributed by atoms with E-state index in [0.29, 0.717) is 0 Å². The Morgan fingerprint density at radius 1 is 1.10 bits per heavy atom. The van der Waals surface area contributed by atoms with Gasteiger partial charge in [-0.3, -0.25) is 0 Å². The molecule has 1 aromatic rings. The van der Waals surface area contributed by atoms with Crippen LogP contribution < -0.4 is 15.2 Å². The monoisotopic (exact) mass is 355 g/mol. The van der Waals surface area contributed by atoms with Crippen LogP contribution in [0.25, 0.3) is 0 Å². The van der Waals surface area contributed by atoms with Crippen molar-refractivity contribution in [3.8, 4) is 11.5 Å². The van der Waals surface area contributed by atoms with Gasteiger partial charge >= 0.3 is 0 Å². The van der Waals surface area contributed by atoms with Gasteiger partial charge in [0.05, 0.1) is 14.2 Å². The summed E-state index contributed by atoms with van der Waals surface area (Å²) in [6.07, 6.45) is 9.15. The lowest BCUT2D eigenvalue weighted by Gasteiger charge is -2.21. The molecule has 1 aliphatic rings. The second-order valence-corrected chi connectivity index (χ2v) is 6.78. The number of ether oxygens (including phenoxy) is 2. The first-order valence-electron chi connectivity index (χ1n) is 7.82. The number of nitrogens with two attached hydrogens (primary N) is 1. The van der Waals surface area contributed by atoms with Crippen molar-refractivity contribution in [2.75, 3.05) is 14.2 Å². The molecule has 0 radical (unpaired) electrons. The second kappa shape index (κ2) is 8.04. The summed E-state index contributed by atoms with van der Waals surface area (Å²) in [6.45, 7) is 0. The highest BCUT2D eigenvalue weighted by Gasteiger charge is 2.20. The van der Waals surface area contributed by atoms with Crippen LogP contribution >= 0.6 is 15.9 Å². The van der Waals surface area contributed by atoms with E-state index in [1.807, 2.05) is 12.1 Å². The predicted octanol–water partition coefficient (Wildman–Crippen LogP) is 4.83. The number of hydrogen-bond acceptors (Lipinski definition) is 3. The van der Waals surface area contributed by atoms with E-state index in [4.69, 9.17) is 15.2 Å². The molecule has 1 aromatic carbocycles. The van der Waals surface area contributed by atoms with Crippen molar-refractivity contribution >= 4 is 15.9 Å². The van der Waals surface area contributed by atoms with Gasteiger partial charge in [0.15, 0.2) is 11.5 Å². The van der Waals surface area contributed by atoms with Gasteiger partial charge in [-0.15, -0.1) is 0 Å². The molecule has 0 aromatic heterocycles. The van der Waals surface area contributed by atoms with Crippen LogP contribution in [0.4, 0.5) is 0 Å². The van der Waals surface area contributed by atoms with Crippen LogP contribution in [0.15, 0.2) is 16.6 Å². The molecule has 118 valence electrons. The molecule has 2 N–H and O–H groups in total. The third kappa shape index (κ3) is 4.36. The van der Waals surface area contributed by atoms with E-state index < -0.39 is 0 Å². The van der Waals surface area contributed by atoms with E-state index in [9.17, 15) is 0 Å². The zero-order chi connectivity index (χ0) is 15.2. The van der Waals surface area contributed by atoms with Crippen LogP contribution in [0.3, 0.4) is 0 Å². The van der Waals surface area contributed by atoms with Crippen molar-refractivity contribution in [1.82, 2.24) is 0 Å². The smallest absolute Gasteiger partial charge is 0.161 e. The Morgan fingerprint density at radius 3 is 2.24 bits per heavy atom. The Balaban J connectivity index is 2.12. The summed E-state index contributed by atoms with van der Waals surface area (Å²) < 4.78 is 11.7. The van der Waals surface area contributed by atoms with Gasteiger partial charge in [0.25, 0.3) is 0 Å². The van der Waals surface area contributed by atoms with Crippen LogP contribution in [-0.2, 0) is 0 Å². The minimum Gasteiger partial charge on any atom is -0.493 e. The Morgan fingerprint density at radius 2 is 1.67 bits per heavy atom. The Bertz CT molecular complexity index is 456. The highest BCUT2D eigenvalue weighted by molar-refractivity contribution is 9.10. The second-order valence-electron chi connectivity index (χ2n) is 5.93. The zero-order valence-corrected chi connectivity index (χ0v) is 14.6. The average molecular weight is 356 g/mol. The number of hydrogen-bond donors (Lipinski definition) is 1. The average Bonchev–Trinajstić information content (AvgIpc) is 2.75. The molecule has 1 fully saturated rings. The molecule has 1 unspecified atom stereocenters. The molecule has 0 saturated heterocycles. The fourth-order valence-electron chi connectivity index (χ4n) is 3.24. The van der Waals surface area contributed by atoms with E-state index in [1.54, 1.807) is 14.2 Å². The molecular formula is C17H26BrNO2. The first-order chi connectivity index (χ1) is 10.2. The first kappa shape index (κ1) is 16.6. The van der Waals surface area contributed by atoms with Gasteiger partial charge in [0, 0.05) is 10.5 Å². The Hall–Kier alpha value is -0.740. The van der Waals surface area contributed by atoms with Crippen molar-refractivity contribution in [2.24, 2.45) is 11.7 Å². The van der Waals surface area contributed by atoms with Crippen molar-refractivity contribution in [3.05, 3.63) is 22.2 Å². The minimum atomic E-state index is 0.0438. The lowest BCUT2D eigenvalue weighted by molar-refractivity contribution is 0.352. The SMILES string of the molecule is COc1cc(Br)c(C(N)CC2CCCCCC2)cc1OC. The van der Waals surface area contributed by atoms with E-state index in [2.05, 4.69) is 15.9 Å². The van der Waals surface area contributed by atoms with Crippen molar-refractivity contribution < 1.29 is 9.47 Å². The molecule has 0 bridgehead atoms. The van der Waals surface area contributed by atoms with Crippen LogP contribution in [-0.4, -0.2) is 14.2 Å². The minimum absolute atomic E-state index is 0.0438. The maximum Gasteiger partial charge on any atom is 0.161 e. The van der Waals surface area contributed by atoms with Gasteiger partial charge in [-0.2, -0.15) is 0 Å². The van der Waals surface area contributed by atoms with E-state index in [0.717, 1.165) is 33.9 Å². The summed E-state index contributed by atoms with van der Waals surface area (Å²) in [5, 5.41) is 0. The molecule has 2 rings (SSSR count). The van der Waals surface area contributed by atoms with E-state index in [-0.39, 0.29) is 6.04 Å². The predicted molar refractivity (Wildman–Crippen MR) is 90.0 cm³/mol. The molecule has 1 aliphatic carbocycles. The lowest BCUT2D eigenvalue weighted by atomic mass is 9.90. The van der Waals surface area contributed by atoms with Gasteiger partial charge < -0.3 is 15.2 Å². The van der Waals surface area contributed by atoms with Crippen molar-refractivity contribution in [1.29, 1.82) is 0 Å². The van der Waals surface area contributed by atoms with Crippen LogP contribution in [0.1, 0.15) is 56.6 Å². The molecule has 0 heterocycles. The highest BCUT2D eigenvalue weighted by Crippen LogP contribution is 2.38. The molecule has 1 saturated carbocycles. The summed E-state index contributed by atoms with van der Waals surface area (Å²) in [5.74, 6) is 2.23. The number of methoxy groups -OCH3 is 2. The molecule has 3 nitrogen and oxygen atoms in total. The fraction of sp³-hybridized carbons (Fsp3) is 0.647. The summed E-state index contributed by atoms with van der Waals surface area (Å²) in [7, 11) is 3.31. The van der Waals surface area contributed by atoms with Crippen molar-refractivity contribution in [2.45, 2.75) is 51.0 Å². The fourth-order valence-corrected chi connectivity index (χ4v) is 3.86. The zero-order valence-electron chi connectivity index (χ0n) is 13.0. The van der Waals surface area contributed by atoms with Crippen LogP contribution in [0.2, 0.25) is 0 Å². The standard InChI is InChI=1S/C17H26BrNO2/c1-20-16-10-13(14(18)11-17(16)21-2)15(19)9-12-7-5-3-4-6-8-12/h10-12,15H,3-9,19H2,1-2H3. The Kier molecular flexibility index (Phi) is 6.37. The summed E-state index contributed by atoms with van der Waals surface area (Å²) in [4.78, 5) is 0. The molecule has 1 atom stereocenters. The number of benzene rings is 1. The summed E-state index contributed by atoms with van der Waals surface area (Å²) in [6, 6.07) is 3.99. The van der Waals surface area contributed by atoms with E-state index >= 15 is 0 Å². The highest BCUT2D eigenvalue weighted by atomic mass is 79.9. The van der Waals surface area contributed by atoms with Gasteiger partial charge in [0.2, 0.25) is 0 Å². The molecule has 0 aliphatic heterocycles. The first-order valence-corrected chi connectivity index (χ1v) is 8.62. The molecular weight excluding hydrogens is 330 g/mol. The third-order valence-corrected chi connectivity index (χ3v) is 5.15. The molecule has 4 heteroatoms. The molecule has 21 heavy (non-hydrogen) atoms. The van der Waals surface area contributed by atoms with Gasteiger partial charge in [-0.05, 0) is 30.0 Å². The molecule has 0 amide bonds. The Labute approximate surface area is 136 Å². The van der Waals surface area contributed by atoms with Gasteiger partial charge in [-0.25, -0.2) is 0 Å². The maximum absolute atomic E-state index is 6.47. The number of halogens is 1. The topological polar surface area (TPSA) is 44.5 Å². The van der Waals surface area contributed by atoms with Crippen molar-refractivity contribution in [3.63, 3.8) is 0 Å². The van der Waals surface area contributed by atoms with E-state index in [1.165, 1.54) is 38.5 Å². The largest absolute Gasteiger partial charge is 0.493 e. The third-order valence-electron chi connectivity index (χ3n) is 4.46. The molecule has 0 spiro atoms. The summed E-state index contributed by atoms with van der Waals surface area (Å²) >= 11 is 3.62. The van der Waals surface area contributed by atoms with Crippen LogP contribution in [0.5, 0.6) is 11.5 Å². The van der Waals surface area contributed by atoms with Crippen LogP contribution in [0, 0.1) is 5.92 Å². The normalized spacial score (nSPS) is 18.1. The van der Waals surface area contributed by atoms with Gasteiger partial charge in [0.1, 0.15) is 0 Å². The maximum atomic E-state index is 6.47.